The summed E-state index contributed by atoms with van der Waals surface area (Å²) in [6.45, 7) is 3.12. The maximum Gasteiger partial charge on any atom is 0.314 e. The number of hydrogen-bond donors (Lipinski definition) is 2. The van der Waals surface area contributed by atoms with Crippen LogP contribution in [-0.4, -0.2) is 44.6 Å². The number of ether oxygens (including phenoxy) is 1. The van der Waals surface area contributed by atoms with E-state index in [1.165, 1.54) is 18.3 Å². The smallest absolute Gasteiger partial charge is 0.314 e. The first-order chi connectivity index (χ1) is 16.9. The molecule has 1 unspecified atom stereocenters. The monoisotopic (exact) mass is 480 g/mol. The number of benzene rings is 1. The second-order valence-electron chi connectivity index (χ2n) is 9.39. The molecule has 1 aromatic carbocycles. The molecular weight excluding hydrogens is 451 g/mol. The lowest BCUT2D eigenvalue weighted by Gasteiger charge is -2.38. The number of carbonyl (C=O) groups excluding carboxylic acids is 2. The van der Waals surface area contributed by atoms with Crippen LogP contribution in [0, 0.1) is 11.7 Å². The van der Waals surface area contributed by atoms with Crippen molar-refractivity contribution >= 4 is 34.2 Å². The van der Waals surface area contributed by atoms with Gasteiger partial charge < -0.3 is 20.7 Å². The third-order valence-corrected chi connectivity index (χ3v) is 6.86. The van der Waals surface area contributed by atoms with Crippen molar-refractivity contribution < 1.29 is 18.7 Å². The van der Waals surface area contributed by atoms with Gasteiger partial charge in [-0.05, 0) is 55.7 Å². The molecular formula is C25H29FN6O3. The highest BCUT2D eigenvalue weighted by Gasteiger charge is 2.34. The summed E-state index contributed by atoms with van der Waals surface area (Å²) >= 11 is 0. The molecule has 0 radical (unpaired) electrons. The summed E-state index contributed by atoms with van der Waals surface area (Å²) in [5.74, 6) is -1.22. The Morgan fingerprint density at radius 2 is 1.94 bits per heavy atom. The number of pyridine rings is 1. The fourth-order valence-corrected chi connectivity index (χ4v) is 5.02. The number of carbonyl (C=O) groups is 2. The molecule has 184 valence electrons. The number of nitrogens with two attached hydrogens (primary N) is 1. The topological polar surface area (TPSA) is 115 Å². The van der Waals surface area contributed by atoms with E-state index in [9.17, 15) is 14.0 Å². The van der Waals surface area contributed by atoms with Crippen LogP contribution in [0.2, 0.25) is 0 Å². The number of nitrogens with one attached hydrogen (secondary N) is 1. The average Bonchev–Trinajstić information content (AvgIpc) is 3.33. The molecule has 9 nitrogen and oxygen atoms in total. The molecule has 2 amide bonds. The van der Waals surface area contributed by atoms with Crippen molar-refractivity contribution in [1.29, 1.82) is 0 Å². The summed E-state index contributed by atoms with van der Waals surface area (Å²) in [4.78, 5) is 32.3. The molecule has 3 aromatic rings. The molecule has 2 aromatic heterocycles. The Morgan fingerprint density at radius 3 is 2.69 bits per heavy atom. The fraction of sp³-hybridized carbons (Fsp3) is 0.440. The summed E-state index contributed by atoms with van der Waals surface area (Å²) in [6, 6.07) is 5.80. The van der Waals surface area contributed by atoms with Crippen LogP contribution in [0.4, 0.5) is 15.9 Å². The quantitative estimate of drug-likeness (QED) is 0.551. The van der Waals surface area contributed by atoms with Gasteiger partial charge in [0.2, 0.25) is 0 Å². The van der Waals surface area contributed by atoms with Crippen LogP contribution in [0.15, 0.2) is 36.7 Å². The number of aromatic nitrogens is 3. The van der Waals surface area contributed by atoms with Crippen LogP contribution in [0.25, 0.3) is 10.9 Å². The van der Waals surface area contributed by atoms with Gasteiger partial charge in [0.25, 0.3) is 0 Å². The van der Waals surface area contributed by atoms with Crippen LogP contribution < -0.4 is 11.1 Å². The van der Waals surface area contributed by atoms with Crippen molar-refractivity contribution in [3.05, 3.63) is 48.0 Å². The van der Waals surface area contributed by atoms with Crippen molar-refractivity contribution in [2.75, 3.05) is 24.2 Å². The lowest BCUT2D eigenvalue weighted by Crippen LogP contribution is -2.46. The summed E-state index contributed by atoms with van der Waals surface area (Å²) in [7, 11) is 0. The minimum absolute atomic E-state index is 0.248. The Morgan fingerprint density at radius 1 is 1.14 bits per heavy atom. The molecule has 2 aliphatic rings. The number of anilines is 2. The SMILES string of the molecule is C[C@H]1CC[C@H](c2ccc(F)cc2)N(C(=O)C(=O)Nc2cnc(N)c3cnn(C4CCCCO4)c23)C1. The number of fused-ring (bicyclic) bond motifs is 1. The number of hydrogen-bond acceptors (Lipinski definition) is 6. The summed E-state index contributed by atoms with van der Waals surface area (Å²) < 4.78 is 21.0. The van der Waals surface area contributed by atoms with Crippen molar-refractivity contribution in [3.63, 3.8) is 0 Å². The van der Waals surface area contributed by atoms with Gasteiger partial charge in [0, 0.05) is 13.2 Å². The van der Waals surface area contributed by atoms with Gasteiger partial charge in [-0.2, -0.15) is 5.10 Å². The minimum atomic E-state index is -0.767. The van der Waals surface area contributed by atoms with Gasteiger partial charge in [0.15, 0.2) is 6.23 Å². The van der Waals surface area contributed by atoms with E-state index in [-0.39, 0.29) is 29.8 Å². The predicted molar refractivity (Wildman–Crippen MR) is 129 cm³/mol. The Labute approximate surface area is 202 Å². The number of piperidine rings is 1. The zero-order chi connectivity index (χ0) is 24.5. The van der Waals surface area contributed by atoms with Crippen LogP contribution >= 0.6 is 0 Å². The summed E-state index contributed by atoms with van der Waals surface area (Å²) in [5, 5.41) is 7.78. The third-order valence-electron chi connectivity index (χ3n) is 6.86. The van der Waals surface area contributed by atoms with Gasteiger partial charge in [-0.25, -0.2) is 14.1 Å². The first kappa shape index (κ1) is 23.2. The van der Waals surface area contributed by atoms with E-state index in [4.69, 9.17) is 10.5 Å². The molecule has 0 aliphatic carbocycles. The van der Waals surface area contributed by atoms with E-state index in [0.717, 1.165) is 31.2 Å². The average molecular weight is 481 g/mol. The summed E-state index contributed by atoms with van der Waals surface area (Å²) in [5.41, 5.74) is 7.80. The third kappa shape index (κ3) is 4.58. The van der Waals surface area contributed by atoms with E-state index in [0.29, 0.717) is 36.2 Å². The highest BCUT2D eigenvalue weighted by molar-refractivity contribution is 6.40. The molecule has 0 spiro atoms. The van der Waals surface area contributed by atoms with Crippen LogP contribution in [0.3, 0.4) is 0 Å². The Bertz CT molecular complexity index is 1240. The highest BCUT2D eigenvalue weighted by atomic mass is 19.1. The van der Waals surface area contributed by atoms with E-state index in [1.54, 1.807) is 27.9 Å². The van der Waals surface area contributed by atoms with Crippen LogP contribution in [0.1, 0.15) is 56.9 Å². The number of halogens is 1. The highest BCUT2D eigenvalue weighted by Crippen LogP contribution is 2.35. The molecule has 5 rings (SSSR count). The zero-order valence-corrected chi connectivity index (χ0v) is 19.6. The molecule has 2 fully saturated rings. The number of nitrogen functional groups attached to an aromatic ring is 1. The molecule has 3 atom stereocenters. The number of amides is 2. The molecule has 0 bridgehead atoms. The first-order valence-corrected chi connectivity index (χ1v) is 12.0. The fourth-order valence-electron chi connectivity index (χ4n) is 5.02. The Balaban J connectivity index is 1.42. The maximum atomic E-state index is 13.5. The molecule has 3 N–H and O–H groups in total. The van der Waals surface area contributed by atoms with Crippen molar-refractivity contribution in [2.24, 2.45) is 5.92 Å². The molecule has 0 saturated carbocycles. The normalized spacial score (nSPS) is 22.8. The van der Waals surface area contributed by atoms with Crippen molar-refractivity contribution in [2.45, 2.75) is 51.3 Å². The van der Waals surface area contributed by atoms with Crippen LogP contribution in [0.5, 0.6) is 0 Å². The van der Waals surface area contributed by atoms with Crippen molar-refractivity contribution in [3.8, 4) is 0 Å². The minimum Gasteiger partial charge on any atom is -0.383 e. The number of rotatable bonds is 3. The van der Waals surface area contributed by atoms with E-state index in [1.807, 2.05) is 0 Å². The van der Waals surface area contributed by atoms with Gasteiger partial charge in [0.1, 0.15) is 17.2 Å². The molecule has 2 saturated heterocycles. The molecule has 35 heavy (non-hydrogen) atoms. The van der Waals surface area contributed by atoms with Crippen LogP contribution in [-0.2, 0) is 14.3 Å². The second-order valence-corrected chi connectivity index (χ2v) is 9.39. The van der Waals surface area contributed by atoms with Gasteiger partial charge in [-0.15, -0.1) is 0 Å². The van der Waals surface area contributed by atoms with Gasteiger partial charge in [-0.3, -0.25) is 9.59 Å². The van der Waals surface area contributed by atoms with Gasteiger partial charge in [0.05, 0.1) is 29.5 Å². The lowest BCUT2D eigenvalue weighted by molar-refractivity contribution is -0.146. The number of likely N-dealkylation sites (tertiary alicyclic amines) is 1. The number of nitrogens with zero attached hydrogens (tertiary/aromatic N) is 4. The first-order valence-electron chi connectivity index (χ1n) is 12.0. The van der Waals surface area contributed by atoms with E-state index >= 15 is 0 Å². The van der Waals surface area contributed by atoms with Crippen molar-refractivity contribution in [1.82, 2.24) is 19.7 Å². The zero-order valence-electron chi connectivity index (χ0n) is 19.6. The second kappa shape index (κ2) is 9.61. The van der Waals surface area contributed by atoms with E-state index in [2.05, 4.69) is 22.3 Å². The molecule has 2 aliphatic heterocycles. The lowest BCUT2D eigenvalue weighted by atomic mass is 9.90. The maximum absolute atomic E-state index is 13.5. The molecule has 10 heteroatoms. The summed E-state index contributed by atoms with van der Waals surface area (Å²) in [6.07, 6.45) is 7.16. The molecule has 4 heterocycles. The standard InChI is InChI=1S/C25H29FN6O3/c1-15-5-10-20(16-6-8-17(26)9-7-16)31(14-15)25(34)24(33)30-19-13-28-23(27)18-12-29-32(22(18)19)21-4-2-3-11-35-21/h6-9,12-13,15,20-21H,2-5,10-11,14H2,1H3,(H2,27,28)(H,30,33)/t15-,20+,21?/m0/s1. The Hall–Kier alpha value is -3.53. The largest absolute Gasteiger partial charge is 0.383 e. The Kier molecular flexibility index (Phi) is 6.38. The van der Waals surface area contributed by atoms with E-state index < -0.39 is 11.8 Å². The predicted octanol–water partition coefficient (Wildman–Crippen LogP) is 3.79. The van der Waals surface area contributed by atoms with Gasteiger partial charge in [-0.1, -0.05) is 19.1 Å². The van der Waals surface area contributed by atoms with Gasteiger partial charge >= 0.3 is 11.8 Å².